The van der Waals surface area contributed by atoms with Crippen molar-refractivity contribution in [1.29, 1.82) is 0 Å². The lowest BCUT2D eigenvalue weighted by molar-refractivity contribution is -0.142. The van der Waals surface area contributed by atoms with Crippen molar-refractivity contribution in [3.05, 3.63) is 0 Å². The molecule has 0 rings (SSSR count). The Hall–Kier alpha value is -0.610. The zero-order valence-corrected chi connectivity index (χ0v) is 10.5. The molecule has 0 aliphatic rings. The Morgan fingerprint density at radius 1 is 1.40 bits per heavy atom. The third kappa shape index (κ3) is 4.18. The molecule has 0 bridgehead atoms. The predicted octanol–water partition coefficient (Wildman–Crippen LogP) is 0.903. The van der Waals surface area contributed by atoms with Crippen LogP contribution in [0, 0.1) is 5.41 Å². The fraction of sp³-hybridized carbons (Fsp3) is 0.909. The van der Waals surface area contributed by atoms with E-state index in [1.165, 1.54) is 0 Å². The van der Waals surface area contributed by atoms with E-state index < -0.39 is 5.60 Å². The Labute approximate surface area is 92.6 Å². The molecule has 15 heavy (non-hydrogen) atoms. The highest BCUT2D eigenvalue weighted by Crippen LogP contribution is 2.15. The van der Waals surface area contributed by atoms with Gasteiger partial charge in [0.05, 0.1) is 0 Å². The van der Waals surface area contributed by atoms with E-state index in [0.29, 0.717) is 19.5 Å². The van der Waals surface area contributed by atoms with Crippen LogP contribution in [0.25, 0.3) is 0 Å². The van der Waals surface area contributed by atoms with E-state index in [4.69, 9.17) is 10.5 Å². The molecular formula is C11H24N2O2. The number of rotatable bonds is 6. The minimum Gasteiger partial charge on any atom is -0.369 e. The number of ether oxygens (including phenoxy) is 1. The van der Waals surface area contributed by atoms with E-state index in [2.05, 4.69) is 5.32 Å². The first-order valence-corrected chi connectivity index (χ1v) is 5.35. The van der Waals surface area contributed by atoms with E-state index in [1.807, 2.05) is 20.8 Å². The number of amides is 1. The molecule has 4 heteroatoms. The Kier molecular flexibility index (Phi) is 5.24. The molecule has 0 fully saturated rings. The number of nitrogens with one attached hydrogen (secondary N) is 1. The summed E-state index contributed by atoms with van der Waals surface area (Å²) in [6.07, 6.45) is 0.651. The van der Waals surface area contributed by atoms with Crippen LogP contribution in [0.2, 0.25) is 0 Å². The molecule has 0 aliphatic carbocycles. The molecule has 0 aliphatic heterocycles. The second-order valence-electron chi connectivity index (χ2n) is 4.84. The fourth-order valence-electron chi connectivity index (χ4n) is 0.976. The maximum absolute atomic E-state index is 11.8. The van der Waals surface area contributed by atoms with Gasteiger partial charge in [0.25, 0.3) is 5.91 Å². The summed E-state index contributed by atoms with van der Waals surface area (Å²) in [5.41, 5.74) is 4.78. The predicted molar refractivity (Wildman–Crippen MR) is 61.6 cm³/mol. The Balaban J connectivity index is 4.26. The molecule has 0 aromatic rings. The average Bonchev–Trinajstić information content (AvgIpc) is 2.24. The quantitative estimate of drug-likeness (QED) is 0.693. The van der Waals surface area contributed by atoms with Gasteiger partial charge in [0.15, 0.2) is 0 Å². The molecule has 90 valence electrons. The van der Waals surface area contributed by atoms with Crippen LogP contribution >= 0.6 is 0 Å². The van der Waals surface area contributed by atoms with E-state index >= 15 is 0 Å². The fourth-order valence-corrected chi connectivity index (χ4v) is 0.976. The van der Waals surface area contributed by atoms with Crippen LogP contribution in [0.15, 0.2) is 0 Å². The summed E-state index contributed by atoms with van der Waals surface area (Å²) in [5, 5.41) is 2.87. The third-order valence-corrected chi connectivity index (χ3v) is 2.89. The zero-order valence-electron chi connectivity index (χ0n) is 10.5. The van der Waals surface area contributed by atoms with Crippen LogP contribution in [-0.4, -0.2) is 31.7 Å². The van der Waals surface area contributed by atoms with Crippen molar-refractivity contribution in [1.82, 2.24) is 5.32 Å². The number of carbonyl (C=O) groups is 1. The van der Waals surface area contributed by atoms with Crippen LogP contribution in [0.4, 0.5) is 0 Å². The van der Waals surface area contributed by atoms with Gasteiger partial charge in [0.2, 0.25) is 0 Å². The van der Waals surface area contributed by atoms with E-state index in [1.54, 1.807) is 14.0 Å². The Morgan fingerprint density at radius 3 is 2.27 bits per heavy atom. The van der Waals surface area contributed by atoms with E-state index in [0.717, 1.165) is 0 Å². The van der Waals surface area contributed by atoms with Gasteiger partial charge in [-0.05, 0) is 25.3 Å². The smallest absolute Gasteiger partial charge is 0.251 e. The second kappa shape index (κ2) is 5.47. The molecule has 3 N–H and O–H groups in total. The summed E-state index contributed by atoms with van der Waals surface area (Å²) >= 11 is 0. The second-order valence-corrected chi connectivity index (χ2v) is 4.84. The first-order chi connectivity index (χ1) is 6.81. The average molecular weight is 216 g/mol. The van der Waals surface area contributed by atoms with Gasteiger partial charge in [-0.3, -0.25) is 4.79 Å². The van der Waals surface area contributed by atoms with Crippen LogP contribution in [0.3, 0.4) is 0 Å². The number of hydrogen-bond donors (Lipinski definition) is 2. The molecule has 1 unspecified atom stereocenters. The molecular weight excluding hydrogens is 192 g/mol. The summed E-state index contributed by atoms with van der Waals surface area (Å²) in [6.45, 7) is 8.87. The van der Waals surface area contributed by atoms with Gasteiger partial charge >= 0.3 is 0 Å². The molecule has 4 nitrogen and oxygen atoms in total. The van der Waals surface area contributed by atoms with Crippen molar-refractivity contribution < 1.29 is 9.53 Å². The van der Waals surface area contributed by atoms with Crippen molar-refractivity contribution in [3.63, 3.8) is 0 Å². The molecule has 0 aromatic heterocycles. The van der Waals surface area contributed by atoms with E-state index in [9.17, 15) is 4.79 Å². The lowest BCUT2D eigenvalue weighted by Gasteiger charge is -2.29. The van der Waals surface area contributed by atoms with Crippen LogP contribution in [0.5, 0.6) is 0 Å². The summed E-state index contributed by atoms with van der Waals surface area (Å²) in [7, 11) is 1.55. The number of methoxy groups -OCH3 is 1. The Bertz CT molecular complexity index is 211. The summed E-state index contributed by atoms with van der Waals surface area (Å²) in [6, 6.07) is 0. The SMILES string of the molecule is CCC(C)(OC)C(=O)NCC(C)(C)CN. The molecule has 0 saturated carbocycles. The van der Waals surface area contributed by atoms with Gasteiger partial charge in [-0.1, -0.05) is 20.8 Å². The molecule has 0 aromatic carbocycles. The van der Waals surface area contributed by atoms with Gasteiger partial charge in [0.1, 0.15) is 5.60 Å². The van der Waals surface area contributed by atoms with Crippen molar-refractivity contribution in [2.45, 2.75) is 39.7 Å². The lowest BCUT2D eigenvalue weighted by Crippen LogP contribution is -2.49. The van der Waals surface area contributed by atoms with Crippen LogP contribution in [0.1, 0.15) is 34.1 Å². The molecule has 1 amide bonds. The standard InChI is InChI=1S/C11H24N2O2/c1-6-11(4,15-5)9(14)13-8-10(2,3)7-12/h6-8,12H2,1-5H3,(H,13,14). The molecule has 1 atom stereocenters. The summed E-state index contributed by atoms with van der Waals surface area (Å²) in [4.78, 5) is 11.8. The highest BCUT2D eigenvalue weighted by molar-refractivity contribution is 5.84. The topological polar surface area (TPSA) is 64.3 Å². The third-order valence-electron chi connectivity index (χ3n) is 2.89. The number of carbonyl (C=O) groups excluding carboxylic acids is 1. The zero-order chi connectivity index (χ0) is 12.1. The maximum Gasteiger partial charge on any atom is 0.251 e. The first kappa shape index (κ1) is 14.4. The highest BCUT2D eigenvalue weighted by Gasteiger charge is 2.31. The monoisotopic (exact) mass is 216 g/mol. The van der Waals surface area contributed by atoms with Crippen LogP contribution < -0.4 is 11.1 Å². The molecule has 0 saturated heterocycles. The maximum atomic E-state index is 11.8. The van der Waals surface area contributed by atoms with Gasteiger partial charge in [-0.25, -0.2) is 0 Å². The van der Waals surface area contributed by atoms with Crippen molar-refractivity contribution in [3.8, 4) is 0 Å². The molecule has 0 spiro atoms. The van der Waals surface area contributed by atoms with Gasteiger partial charge < -0.3 is 15.8 Å². The van der Waals surface area contributed by atoms with Gasteiger partial charge in [0, 0.05) is 13.7 Å². The summed E-state index contributed by atoms with van der Waals surface area (Å²) in [5.74, 6) is -0.0750. The van der Waals surface area contributed by atoms with Crippen molar-refractivity contribution >= 4 is 5.91 Å². The first-order valence-electron chi connectivity index (χ1n) is 5.35. The van der Waals surface area contributed by atoms with Crippen LogP contribution in [-0.2, 0) is 9.53 Å². The minimum atomic E-state index is -0.731. The number of nitrogens with two attached hydrogens (primary N) is 1. The lowest BCUT2D eigenvalue weighted by atomic mass is 9.93. The largest absolute Gasteiger partial charge is 0.369 e. The minimum absolute atomic E-state index is 0.0714. The molecule has 0 heterocycles. The van der Waals surface area contributed by atoms with Crippen molar-refractivity contribution in [2.75, 3.05) is 20.2 Å². The van der Waals surface area contributed by atoms with Gasteiger partial charge in [-0.2, -0.15) is 0 Å². The van der Waals surface area contributed by atoms with E-state index in [-0.39, 0.29) is 11.3 Å². The number of hydrogen-bond acceptors (Lipinski definition) is 3. The van der Waals surface area contributed by atoms with Crippen molar-refractivity contribution in [2.24, 2.45) is 11.1 Å². The van der Waals surface area contributed by atoms with Gasteiger partial charge in [-0.15, -0.1) is 0 Å². The molecule has 0 radical (unpaired) electrons. The summed E-state index contributed by atoms with van der Waals surface area (Å²) < 4.78 is 5.20. The normalized spacial score (nSPS) is 15.9. The Morgan fingerprint density at radius 2 is 1.93 bits per heavy atom. The highest BCUT2D eigenvalue weighted by atomic mass is 16.5.